The number of nitrogens with one attached hydrogen (secondary N) is 1. The fourth-order valence-electron chi connectivity index (χ4n) is 1.47. The van der Waals surface area contributed by atoms with E-state index in [4.69, 9.17) is 23.2 Å². The maximum absolute atomic E-state index is 10.9. The first-order chi connectivity index (χ1) is 8.22. The molecule has 0 spiro atoms. The van der Waals surface area contributed by atoms with Crippen molar-refractivity contribution in [1.29, 1.82) is 0 Å². The van der Waals surface area contributed by atoms with Crippen LogP contribution in [-0.2, 0) is 0 Å². The number of hydrogen-bond acceptors (Lipinski definition) is 2. The van der Waals surface area contributed by atoms with Crippen LogP contribution in [-0.4, -0.2) is 6.29 Å². The van der Waals surface area contributed by atoms with Crippen molar-refractivity contribution in [3.8, 4) is 0 Å². The van der Waals surface area contributed by atoms with Crippen molar-refractivity contribution in [2.45, 2.75) is 0 Å². The molecule has 0 heterocycles. The summed E-state index contributed by atoms with van der Waals surface area (Å²) in [6.07, 6.45) is 0.785. The van der Waals surface area contributed by atoms with E-state index >= 15 is 0 Å². The predicted octanol–water partition coefficient (Wildman–Crippen LogP) is 4.55. The molecule has 0 atom stereocenters. The molecule has 0 fully saturated rings. The van der Waals surface area contributed by atoms with Crippen LogP contribution in [0.3, 0.4) is 0 Å². The molecule has 2 aromatic carbocycles. The third-order valence-electron chi connectivity index (χ3n) is 2.31. The zero-order valence-electron chi connectivity index (χ0n) is 8.78. The molecule has 0 radical (unpaired) electrons. The van der Waals surface area contributed by atoms with Crippen molar-refractivity contribution >= 4 is 40.9 Å². The van der Waals surface area contributed by atoms with Gasteiger partial charge in [0, 0.05) is 11.3 Å². The number of anilines is 2. The van der Waals surface area contributed by atoms with Crippen molar-refractivity contribution in [1.82, 2.24) is 0 Å². The first-order valence-corrected chi connectivity index (χ1v) is 5.73. The number of carbonyl (C=O) groups excluding carboxylic acids is 1. The summed E-state index contributed by atoms with van der Waals surface area (Å²) in [5, 5.41) is 4.09. The van der Waals surface area contributed by atoms with E-state index in [2.05, 4.69) is 5.32 Å². The Hall–Kier alpha value is -1.51. The molecule has 0 saturated carbocycles. The van der Waals surface area contributed by atoms with Gasteiger partial charge in [0.05, 0.1) is 15.7 Å². The molecular formula is C13H9Cl2NO. The Morgan fingerprint density at radius 1 is 0.941 bits per heavy atom. The molecule has 2 nitrogen and oxygen atoms in total. The maximum atomic E-state index is 10.9. The summed E-state index contributed by atoms with van der Waals surface area (Å²) in [6, 6.07) is 12.4. The Morgan fingerprint density at radius 3 is 2.24 bits per heavy atom. The Kier molecular flexibility index (Phi) is 3.67. The minimum Gasteiger partial charge on any atom is -0.353 e. The topological polar surface area (TPSA) is 29.1 Å². The normalized spacial score (nSPS) is 10.0. The summed E-state index contributed by atoms with van der Waals surface area (Å²) in [5.41, 5.74) is 1.84. The lowest BCUT2D eigenvalue weighted by atomic mass is 10.2. The predicted molar refractivity (Wildman–Crippen MR) is 71.6 cm³/mol. The maximum Gasteiger partial charge on any atom is 0.152 e. The van der Waals surface area contributed by atoms with Crippen LogP contribution in [0.2, 0.25) is 10.0 Å². The quantitative estimate of drug-likeness (QED) is 0.825. The molecule has 1 N–H and O–H groups in total. The van der Waals surface area contributed by atoms with Gasteiger partial charge in [0.15, 0.2) is 6.29 Å². The smallest absolute Gasteiger partial charge is 0.152 e. The van der Waals surface area contributed by atoms with E-state index in [0.29, 0.717) is 27.0 Å². The second kappa shape index (κ2) is 5.21. The standard InChI is InChI=1S/C13H9Cl2NO/c14-10-5-3-6-11(15)13(10)16-12-7-2-1-4-9(12)8-17/h1-8,16H. The van der Waals surface area contributed by atoms with E-state index in [-0.39, 0.29) is 0 Å². The van der Waals surface area contributed by atoms with Gasteiger partial charge in [-0.2, -0.15) is 0 Å². The summed E-state index contributed by atoms with van der Waals surface area (Å²) in [5.74, 6) is 0. The van der Waals surface area contributed by atoms with Crippen LogP contribution in [0.5, 0.6) is 0 Å². The zero-order valence-corrected chi connectivity index (χ0v) is 10.3. The van der Waals surface area contributed by atoms with E-state index < -0.39 is 0 Å². The van der Waals surface area contributed by atoms with Crippen LogP contribution >= 0.6 is 23.2 Å². The molecule has 17 heavy (non-hydrogen) atoms. The summed E-state index contributed by atoms with van der Waals surface area (Å²) in [4.78, 5) is 10.9. The Balaban J connectivity index is 2.41. The van der Waals surface area contributed by atoms with Crippen molar-refractivity contribution < 1.29 is 4.79 Å². The van der Waals surface area contributed by atoms with E-state index in [0.717, 1.165) is 6.29 Å². The van der Waals surface area contributed by atoms with Crippen LogP contribution in [0.15, 0.2) is 42.5 Å². The molecule has 2 rings (SSSR count). The highest BCUT2D eigenvalue weighted by Crippen LogP contribution is 2.33. The molecule has 0 bridgehead atoms. The van der Waals surface area contributed by atoms with Crippen LogP contribution in [0.25, 0.3) is 0 Å². The number of aldehydes is 1. The first kappa shape index (κ1) is 12.0. The van der Waals surface area contributed by atoms with Gasteiger partial charge in [0.25, 0.3) is 0 Å². The molecule has 0 aliphatic rings. The molecule has 4 heteroatoms. The van der Waals surface area contributed by atoms with Gasteiger partial charge in [0.2, 0.25) is 0 Å². The SMILES string of the molecule is O=Cc1ccccc1Nc1c(Cl)cccc1Cl. The summed E-state index contributed by atoms with van der Waals surface area (Å²) < 4.78 is 0. The van der Waals surface area contributed by atoms with Crippen molar-refractivity contribution in [3.05, 3.63) is 58.1 Å². The number of rotatable bonds is 3. The average Bonchev–Trinajstić information content (AvgIpc) is 2.34. The molecule has 2 aromatic rings. The largest absolute Gasteiger partial charge is 0.353 e. The molecular weight excluding hydrogens is 257 g/mol. The van der Waals surface area contributed by atoms with Gasteiger partial charge < -0.3 is 5.32 Å². The average molecular weight is 266 g/mol. The molecule has 86 valence electrons. The number of para-hydroxylation sites is 2. The zero-order chi connectivity index (χ0) is 12.3. The van der Waals surface area contributed by atoms with Gasteiger partial charge in [0.1, 0.15) is 0 Å². The van der Waals surface area contributed by atoms with E-state index in [1.54, 1.807) is 36.4 Å². The van der Waals surface area contributed by atoms with Crippen LogP contribution in [0, 0.1) is 0 Å². The van der Waals surface area contributed by atoms with Crippen LogP contribution in [0.1, 0.15) is 10.4 Å². The van der Waals surface area contributed by atoms with Gasteiger partial charge in [-0.1, -0.05) is 41.4 Å². The van der Waals surface area contributed by atoms with Gasteiger partial charge >= 0.3 is 0 Å². The van der Waals surface area contributed by atoms with E-state index in [1.165, 1.54) is 0 Å². The van der Waals surface area contributed by atoms with Crippen LogP contribution in [0.4, 0.5) is 11.4 Å². The third kappa shape index (κ3) is 2.60. The van der Waals surface area contributed by atoms with Crippen molar-refractivity contribution in [3.63, 3.8) is 0 Å². The number of halogens is 2. The molecule has 0 amide bonds. The Bertz CT molecular complexity index is 535. The lowest BCUT2D eigenvalue weighted by Gasteiger charge is -2.11. The van der Waals surface area contributed by atoms with E-state index in [1.807, 2.05) is 6.07 Å². The monoisotopic (exact) mass is 265 g/mol. The second-order valence-electron chi connectivity index (χ2n) is 3.43. The highest BCUT2D eigenvalue weighted by molar-refractivity contribution is 6.39. The van der Waals surface area contributed by atoms with E-state index in [9.17, 15) is 4.79 Å². The lowest BCUT2D eigenvalue weighted by molar-refractivity contribution is 0.112. The summed E-state index contributed by atoms with van der Waals surface area (Å²) in [6.45, 7) is 0. The first-order valence-electron chi connectivity index (χ1n) is 4.97. The molecule has 0 aliphatic carbocycles. The highest BCUT2D eigenvalue weighted by atomic mass is 35.5. The fourth-order valence-corrected chi connectivity index (χ4v) is 1.96. The number of benzene rings is 2. The summed E-state index contributed by atoms with van der Waals surface area (Å²) in [7, 11) is 0. The van der Waals surface area contributed by atoms with Crippen molar-refractivity contribution in [2.75, 3.05) is 5.32 Å². The number of carbonyl (C=O) groups is 1. The van der Waals surface area contributed by atoms with Crippen molar-refractivity contribution in [2.24, 2.45) is 0 Å². The minimum atomic E-state index is 0.512. The molecule has 0 aromatic heterocycles. The van der Waals surface area contributed by atoms with Gasteiger partial charge in [-0.3, -0.25) is 4.79 Å². The molecule has 0 unspecified atom stereocenters. The third-order valence-corrected chi connectivity index (χ3v) is 2.94. The second-order valence-corrected chi connectivity index (χ2v) is 4.24. The number of hydrogen-bond donors (Lipinski definition) is 1. The van der Waals surface area contributed by atoms with Gasteiger partial charge in [-0.05, 0) is 24.3 Å². The molecule has 0 aliphatic heterocycles. The Morgan fingerprint density at radius 2 is 1.59 bits per heavy atom. The molecule has 0 saturated heterocycles. The van der Waals surface area contributed by atoms with Gasteiger partial charge in [-0.25, -0.2) is 0 Å². The lowest BCUT2D eigenvalue weighted by Crippen LogP contribution is -1.96. The Labute approximate surface area is 109 Å². The summed E-state index contributed by atoms with van der Waals surface area (Å²) >= 11 is 12.1. The highest BCUT2D eigenvalue weighted by Gasteiger charge is 2.07. The van der Waals surface area contributed by atoms with Crippen LogP contribution < -0.4 is 5.32 Å². The fraction of sp³-hybridized carbons (Fsp3) is 0. The van der Waals surface area contributed by atoms with Gasteiger partial charge in [-0.15, -0.1) is 0 Å². The minimum absolute atomic E-state index is 0.512.